The minimum atomic E-state index is 0.709. The van der Waals surface area contributed by atoms with Crippen LogP contribution in [0.1, 0.15) is 24.5 Å². The molecular formula is C20H21IO2. The Morgan fingerprint density at radius 1 is 1.09 bits per heavy atom. The molecule has 0 spiro atoms. The van der Waals surface area contributed by atoms with Crippen molar-refractivity contribution in [3.05, 3.63) is 57.2 Å². The summed E-state index contributed by atoms with van der Waals surface area (Å²) in [6.07, 6.45) is 4.24. The number of aryl methyl sites for hydroxylation is 1. The normalized spacial score (nSPS) is 14.5. The second kappa shape index (κ2) is 7.49. The number of rotatable bonds is 4. The van der Waals surface area contributed by atoms with E-state index in [1.165, 1.54) is 31.4 Å². The van der Waals surface area contributed by atoms with Gasteiger partial charge in [-0.25, -0.2) is 0 Å². The number of ether oxygens (including phenoxy) is 2. The molecule has 1 heterocycles. The first-order valence-corrected chi connectivity index (χ1v) is 9.04. The number of methoxy groups -OCH3 is 1. The van der Waals surface area contributed by atoms with Gasteiger partial charge in [-0.15, -0.1) is 0 Å². The smallest absolute Gasteiger partial charge is 0.119 e. The van der Waals surface area contributed by atoms with E-state index < -0.39 is 0 Å². The average Bonchev–Trinajstić information content (AvgIpc) is 2.62. The van der Waals surface area contributed by atoms with Crippen molar-refractivity contribution in [1.29, 1.82) is 0 Å². The highest BCUT2D eigenvalue weighted by Crippen LogP contribution is 2.36. The lowest BCUT2D eigenvalue weighted by molar-refractivity contribution is 0.161. The van der Waals surface area contributed by atoms with Crippen LogP contribution in [0.25, 0.3) is 16.7 Å². The topological polar surface area (TPSA) is 18.5 Å². The van der Waals surface area contributed by atoms with Crippen LogP contribution in [0.15, 0.2) is 42.5 Å². The van der Waals surface area contributed by atoms with Gasteiger partial charge in [-0.3, -0.25) is 0 Å². The molecule has 0 unspecified atom stereocenters. The van der Waals surface area contributed by atoms with Gasteiger partial charge >= 0.3 is 0 Å². The first-order chi connectivity index (χ1) is 11.2. The first-order valence-electron chi connectivity index (χ1n) is 7.97. The highest BCUT2D eigenvalue weighted by atomic mass is 127. The average molecular weight is 420 g/mol. The van der Waals surface area contributed by atoms with E-state index in [9.17, 15) is 0 Å². The maximum absolute atomic E-state index is 5.49. The maximum Gasteiger partial charge on any atom is 0.119 e. The van der Waals surface area contributed by atoms with Gasteiger partial charge in [0.2, 0.25) is 0 Å². The van der Waals surface area contributed by atoms with Crippen molar-refractivity contribution in [2.45, 2.75) is 19.8 Å². The van der Waals surface area contributed by atoms with Crippen molar-refractivity contribution in [2.24, 2.45) is 0 Å². The molecule has 2 nitrogen and oxygen atoms in total. The standard InChI is InChI=1S/C20H21IO2/c1-3-14-4-6-17(18(12-14)15-8-10-23-11-9-15)19-13-16(22-2)5-7-20(19)21/h4-8,12-13H,3,9-11H2,1-2H3. The molecule has 120 valence electrons. The lowest BCUT2D eigenvalue weighted by Gasteiger charge is -2.19. The Bertz CT molecular complexity index is 734. The molecule has 2 aromatic carbocycles. The summed E-state index contributed by atoms with van der Waals surface area (Å²) in [6.45, 7) is 3.71. The van der Waals surface area contributed by atoms with Gasteiger partial charge in [-0.2, -0.15) is 0 Å². The van der Waals surface area contributed by atoms with Crippen molar-refractivity contribution in [1.82, 2.24) is 0 Å². The zero-order valence-corrected chi connectivity index (χ0v) is 15.7. The van der Waals surface area contributed by atoms with Gasteiger partial charge < -0.3 is 9.47 Å². The van der Waals surface area contributed by atoms with E-state index in [2.05, 4.69) is 65.9 Å². The monoisotopic (exact) mass is 420 g/mol. The number of hydrogen-bond donors (Lipinski definition) is 0. The molecule has 1 aliphatic heterocycles. The van der Waals surface area contributed by atoms with Crippen molar-refractivity contribution < 1.29 is 9.47 Å². The van der Waals surface area contributed by atoms with Crippen LogP contribution in [0.2, 0.25) is 0 Å². The van der Waals surface area contributed by atoms with Crippen LogP contribution in [0.5, 0.6) is 5.75 Å². The molecule has 2 aromatic rings. The van der Waals surface area contributed by atoms with Crippen LogP contribution < -0.4 is 4.74 Å². The summed E-state index contributed by atoms with van der Waals surface area (Å²) in [7, 11) is 1.72. The molecule has 0 saturated heterocycles. The van der Waals surface area contributed by atoms with Gasteiger partial charge in [-0.05, 0) is 81.5 Å². The summed E-state index contributed by atoms with van der Waals surface area (Å²) in [5.74, 6) is 0.895. The first kappa shape index (κ1) is 16.5. The summed E-state index contributed by atoms with van der Waals surface area (Å²) in [5, 5.41) is 0. The zero-order valence-electron chi connectivity index (χ0n) is 13.6. The summed E-state index contributed by atoms with van der Waals surface area (Å²) < 4.78 is 12.1. The highest BCUT2D eigenvalue weighted by Gasteiger charge is 2.15. The Kier molecular flexibility index (Phi) is 5.38. The SMILES string of the molecule is CCc1ccc(-c2cc(OC)ccc2I)c(C2=CCOCC2)c1. The fourth-order valence-corrected chi connectivity index (χ4v) is 3.55. The van der Waals surface area contributed by atoms with E-state index in [0.717, 1.165) is 25.2 Å². The third-order valence-corrected chi connectivity index (χ3v) is 5.21. The molecule has 3 heteroatoms. The van der Waals surface area contributed by atoms with Gasteiger partial charge in [0.15, 0.2) is 0 Å². The molecule has 1 aliphatic rings. The van der Waals surface area contributed by atoms with Gasteiger partial charge in [-0.1, -0.05) is 31.2 Å². The van der Waals surface area contributed by atoms with E-state index in [1.54, 1.807) is 7.11 Å². The van der Waals surface area contributed by atoms with Crippen molar-refractivity contribution in [3.63, 3.8) is 0 Å². The molecule has 0 aliphatic carbocycles. The number of halogens is 1. The lowest BCUT2D eigenvalue weighted by atomic mass is 9.90. The number of benzene rings is 2. The molecule has 0 atom stereocenters. The fourth-order valence-electron chi connectivity index (χ4n) is 2.92. The van der Waals surface area contributed by atoms with Gasteiger partial charge in [0.1, 0.15) is 5.75 Å². The van der Waals surface area contributed by atoms with E-state index in [-0.39, 0.29) is 0 Å². The van der Waals surface area contributed by atoms with Crippen LogP contribution in [-0.4, -0.2) is 20.3 Å². The van der Waals surface area contributed by atoms with Crippen molar-refractivity contribution in [3.8, 4) is 16.9 Å². The molecule has 0 aromatic heterocycles. The molecule has 0 amide bonds. The third-order valence-electron chi connectivity index (χ3n) is 4.27. The molecule has 23 heavy (non-hydrogen) atoms. The maximum atomic E-state index is 5.49. The minimum absolute atomic E-state index is 0.709. The minimum Gasteiger partial charge on any atom is -0.497 e. The highest BCUT2D eigenvalue weighted by molar-refractivity contribution is 14.1. The molecule has 3 rings (SSSR count). The summed E-state index contributed by atoms with van der Waals surface area (Å²) >= 11 is 2.40. The van der Waals surface area contributed by atoms with E-state index in [4.69, 9.17) is 9.47 Å². The van der Waals surface area contributed by atoms with Crippen LogP contribution in [0.3, 0.4) is 0 Å². The summed E-state index contributed by atoms with van der Waals surface area (Å²) in [6, 6.07) is 13.1. The van der Waals surface area contributed by atoms with Crippen LogP contribution >= 0.6 is 22.6 Å². The summed E-state index contributed by atoms with van der Waals surface area (Å²) in [5.41, 5.74) is 6.60. The molecule has 0 bridgehead atoms. The van der Waals surface area contributed by atoms with Crippen LogP contribution in [-0.2, 0) is 11.2 Å². The van der Waals surface area contributed by atoms with E-state index >= 15 is 0 Å². The third kappa shape index (κ3) is 3.61. The molecular weight excluding hydrogens is 399 g/mol. The van der Waals surface area contributed by atoms with E-state index in [0.29, 0.717) is 6.61 Å². The fraction of sp³-hybridized carbons (Fsp3) is 0.300. The predicted molar refractivity (Wildman–Crippen MR) is 104 cm³/mol. The Morgan fingerprint density at radius 3 is 2.65 bits per heavy atom. The molecule has 0 fully saturated rings. The molecule has 0 saturated carbocycles. The largest absolute Gasteiger partial charge is 0.497 e. The van der Waals surface area contributed by atoms with Crippen LogP contribution in [0.4, 0.5) is 0 Å². The van der Waals surface area contributed by atoms with Crippen molar-refractivity contribution in [2.75, 3.05) is 20.3 Å². The predicted octanol–water partition coefficient (Wildman–Crippen LogP) is 5.33. The van der Waals surface area contributed by atoms with Gasteiger partial charge in [0.05, 0.1) is 20.3 Å². The Balaban J connectivity index is 2.17. The second-order valence-corrected chi connectivity index (χ2v) is 6.80. The van der Waals surface area contributed by atoms with Gasteiger partial charge in [0, 0.05) is 3.57 Å². The number of hydrogen-bond acceptors (Lipinski definition) is 2. The van der Waals surface area contributed by atoms with E-state index in [1.807, 2.05) is 6.07 Å². The van der Waals surface area contributed by atoms with Crippen LogP contribution in [0, 0.1) is 3.57 Å². The molecule has 0 N–H and O–H groups in total. The quantitative estimate of drug-likeness (QED) is 0.623. The zero-order chi connectivity index (χ0) is 16.2. The Morgan fingerprint density at radius 2 is 1.96 bits per heavy atom. The Hall–Kier alpha value is -1.33. The van der Waals surface area contributed by atoms with Crippen molar-refractivity contribution >= 4 is 28.2 Å². The Labute approximate surface area is 151 Å². The molecule has 0 radical (unpaired) electrons. The second-order valence-electron chi connectivity index (χ2n) is 5.63. The van der Waals surface area contributed by atoms with Gasteiger partial charge in [0.25, 0.3) is 0 Å². The summed E-state index contributed by atoms with van der Waals surface area (Å²) in [4.78, 5) is 0. The lowest BCUT2D eigenvalue weighted by Crippen LogP contribution is -2.05.